The summed E-state index contributed by atoms with van der Waals surface area (Å²) in [7, 11) is 0. The number of hydrogen-bond acceptors (Lipinski definition) is 2. The lowest BCUT2D eigenvalue weighted by molar-refractivity contribution is 0.0734. The Bertz CT molecular complexity index is 1030. The summed E-state index contributed by atoms with van der Waals surface area (Å²) in [5.74, 6) is -0.801. The molecule has 4 nitrogen and oxygen atoms in total. The number of rotatable bonds is 3. The number of hydrogen-bond donors (Lipinski definition) is 1. The van der Waals surface area contributed by atoms with E-state index in [2.05, 4.69) is 11.4 Å². The Hall–Kier alpha value is -3.47. The van der Waals surface area contributed by atoms with Gasteiger partial charge in [-0.1, -0.05) is 30.3 Å². The molecule has 1 heterocycles. The largest absolute Gasteiger partial charge is 0.334 e. The van der Waals surface area contributed by atoms with Gasteiger partial charge < -0.3 is 10.2 Å². The lowest BCUT2D eigenvalue weighted by atomic mass is 9.99. The van der Waals surface area contributed by atoms with Crippen molar-refractivity contribution in [3.05, 3.63) is 101 Å². The first-order valence-electron chi connectivity index (χ1n) is 9.13. The third-order valence-corrected chi connectivity index (χ3v) is 4.89. The minimum absolute atomic E-state index is 0.0917. The van der Waals surface area contributed by atoms with Gasteiger partial charge in [0.25, 0.3) is 11.8 Å². The smallest absolute Gasteiger partial charge is 0.255 e. The van der Waals surface area contributed by atoms with E-state index < -0.39 is 0 Å². The van der Waals surface area contributed by atoms with Crippen molar-refractivity contribution in [1.82, 2.24) is 4.90 Å². The topological polar surface area (TPSA) is 49.4 Å². The van der Waals surface area contributed by atoms with Gasteiger partial charge in [-0.2, -0.15) is 0 Å². The summed E-state index contributed by atoms with van der Waals surface area (Å²) < 4.78 is 13.0. The third kappa shape index (κ3) is 3.78. The second kappa shape index (κ2) is 7.64. The lowest BCUT2D eigenvalue weighted by Crippen LogP contribution is -2.36. The number of nitrogens with zero attached hydrogens (tertiary/aromatic N) is 1. The number of amides is 2. The van der Waals surface area contributed by atoms with Crippen molar-refractivity contribution in [3.8, 4) is 0 Å². The third-order valence-electron chi connectivity index (χ3n) is 4.89. The molecular weight excluding hydrogens is 355 g/mol. The quantitative estimate of drug-likeness (QED) is 0.744. The summed E-state index contributed by atoms with van der Waals surface area (Å²) in [5.41, 5.74) is 3.79. The Morgan fingerprint density at radius 3 is 2.36 bits per heavy atom. The molecule has 0 bridgehead atoms. The SMILES string of the molecule is O=C(Nc1ccc(F)cc1)c1cccc(C(=O)N2CCc3ccccc3C2)c1. The molecule has 28 heavy (non-hydrogen) atoms. The number of anilines is 1. The summed E-state index contributed by atoms with van der Waals surface area (Å²) >= 11 is 0. The first-order chi connectivity index (χ1) is 13.6. The molecule has 4 rings (SSSR count). The van der Waals surface area contributed by atoms with Gasteiger partial charge >= 0.3 is 0 Å². The molecule has 2 amide bonds. The number of halogens is 1. The van der Waals surface area contributed by atoms with E-state index in [4.69, 9.17) is 0 Å². The number of fused-ring (bicyclic) bond motifs is 1. The fourth-order valence-corrected chi connectivity index (χ4v) is 3.38. The maximum Gasteiger partial charge on any atom is 0.255 e. The van der Waals surface area contributed by atoms with E-state index in [-0.39, 0.29) is 17.6 Å². The summed E-state index contributed by atoms with van der Waals surface area (Å²) in [6.45, 7) is 1.23. The second-order valence-electron chi connectivity index (χ2n) is 6.79. The monoisotopic (exact) mass is 374 g/mol. The summed E-state index contributed by atoms with van der Waals surface area (Å²) in [6.07, 6.45) is 0.826. The number of carbonyl (C=O) groups is 2. The zero-order chi connectivity index (χ0) is 19.5. The van der Waals surface area contributed by atoms with Crippen molar-refractivity contribution >= 4 is 17.5 Å². The Morgan fingerprint density at radius 2 is 1.57 bits per heavy atom. The Kier molecular flexibility index (Phi) is 4.89. The predicted molar refractivity (Wildman–Crippen MR) is 106 cm³/mol. The molecule has 1 aliphatic heterocycles. The molecule has 0 radical (unpaired) electrons. The molecular formula is C23H19FN2O2. The highest BCUT2D eigenvalue weighted by Gasteiger charge is 2.22. The molecule has 0 fully saturated rings. The van der Waals surface area contributed by atoms with Gasteiger partial charge in [-0.15, -0.1) is 0 Å². The molecule has 0 saturated carbocycles. The maximum absolute atomic E-state index is 13.0. The number of benzene rings is 3. The van der Waals surface area contributed by atoms with E-state index in [9.17, 15) is 14.0 Å². The van der Waals surface area contributed by atoms with Crippen LogP contribution < -0.4 is 5.32 Å². The summed E-state index contributed by atoms with van der Waals surface area (Å²) in [6, 6.07) is 20.4. The number of nitrogens with one attached hydrogen (secondary N) is 1. The molecule has 0 saturated heterocycles. The molecule has 1 aliphatic rings. The normalized spacial score (nSPS) is 13.0. The van der Waals surface area contributed by atoms with Crippen LogP contribution in [0.3, 0.4) is 0 Å². The van der Waals surface area contributed by atoms with Gasteiger partial charge in [0.2, 0.25) is 0 Å². The molecule has 0 aromatic heterocycles. The molecule has 3 aromatic rings. The van der Waals surface area contributed by atoms with Crippen LogP contribution in [0.25, 0.3) is 0 Å². The lowest BCUT2D eigenvalue weighted by Gasteiger charge is -2.29. The molecule has 0 unspecified atom stereocenters. The fourth-order valence-electron chi connectivity index (χ4n) is 3.38. The molecule has 140 valence electrons. The van der Waals surface area contributed by atoms with Gasteiger partial charge in [0.15, 0.2) is 0 Å². The van der Waals surface area contributed by atoms with Crippen LogP contribution >= 0.6 is 0 Å². The van der Waals surface area contributed by atoms with Crippen LogP contribution in [0.4, 0.5) is 10.1 Å². The van der Waals surface area contributed by atoms with Crippen molar-refractivity contribution in [1.29, 1.82) is 0 Å². The van der Waals surface area contributed by atoms with Crippen molar-refractivity contribution in [3.63, 3.8) is 0 Å². The summed E-state index contributed by atoms with van der Waals surface area (Å²) in [5, 5.41) is 2.71. The van der Waals surface area contributed by atoms with Crippen LogP contribution in [-0.4, -0.2) is 23.3 Å². The van der Waals surface area contributed by atoms with Crippen LogP contribution in [0.2, 0.25) is 0 Å². The molecule has 3 aromatic carbocycles. The predicted octanol–water partition coefficient (Wildman–Crippen LogP) is 4.28. The highest BCUT2D eigenvalue weighted by Crippen LogP contribution is 2.21. The van der Waals surface area contributed by atoms with Crippen LogP contribution in [-0.2, 0) is 13.0 Å². The van der Waals surface area contributed by atoms with E-state index in [1.165, 1.54) is 29.8 Å². The second-order valence-corrected chi connectivity index (χ2v) is 6.79. The molecule has 1 N–H and O–H groups in total. The van der Waals surface area contributed by atoms with Crippen LogP contribution in [0.1, 0.15) is 31.8 Å². The highest BCUT2D eigenvalue weighted by atomic mass is 19.1. The van der Waals surface area contributed by atoms with E-state index in [1.807, 2.05) is 18.2 Å². The number of carbonyl (C=O) groups excluding carboxylic acids is 2. The Labute approximate surface area is 162 Å². The molecule has 0 aliphatic carbocycles. The minimum atomic E-state index is -0.367. The van der Waals surface area contributed by atoms with E-state index in [0.717, 1.165) is 12.0 Å². The van der Waals surface area contributed by atoms with E-state index in [0.29, 0.717) is 29.9 Å². The minimum Gasteiger partial charge on any atom is -0.334 e. The van der Waals surface area contributed by atoms with Gasteiger partial charge in [0.05, 0.1) is 0 Å². The van der Waals surface area contributed by atoms with E-state index in [1.54, 1.807) is 29.2 Å². The van der Waals surface area contributed by atoms with Crippen LogP contribution in [0.5, 0.6) is 0 Å². The standard InChI is InChI=1S/C23H19FN2O2/c24-20-8-10-21(11-9-20)25-22(27)17-6-3-7-18(14-17)23(28)26-13-12-16-4-1-2-5-19(16)15-26/h1-11,14H,12-13,15H2,(H,25,27). The highest BCUT2D eigenvalue weighted by molar-refractivity contribution is 6.06. The fraction of sp³-hybridized carbons (Fsp3) is 0.130. The first-order valence-corrected chi connectivity index (χ1v) is 9.13. The zero-order valence-corrected chi connectivity index (χ0v) is 15.2. The van der Waals surface area contributed by atoms with Gasteiger partial charge in [0, 0.05) is 29.9 Å². The van der Waals surface area contributed by atoms with Gasteiger partial charge in [0.1, 0.15) is 5.82 Å². The molecule has 0 spiro atoms. The first kappa shape index (κ1) is 17.9. The van der Waals surface area contributed by atoms with Crippen molar-refractivity contribution in [2.75, 3.05) is 11.9 Å². The van der Waals surface area contributed by atoms with Crippen LogP contribution in [0.15, 0.2) is 72.8 Å². The van der Waals surface area contributed by atoms with Crippen LogP contribution in [0, 0.1) is 5.82 Å². The van der Waals surface area contributed by atoms with E-state index >= 15 is 0 Å². The van der Waals surface area contributed by atoms with Gasteiger partial charge in [-0.05, 0) is 60.0 Å². The zero-order valence-electron chi connectivity index (χ0n) is 15.2. The van der Waals surface area contributed by atoms with Crippen molar-refractivity contribution < 1.29 is 14.0 Å². The van der Waals surface area contributed by atoms with Gasteiger partial charge in [-0.25, -0.2) is 4.39 Å². The molecule has 5 heteroatoms. The Balaban J connectivity index is 1.49. The average Bonchev–Trinajstić information content (AvgIpc) is 2.74. The van der Waals surface area contributed by atoms with Gasteiger partial charge in [-0.3, -0.25) is 9.59 Å². The van der Waals surface area contributed by atoms with Crippen molar-refractivity contribution in [2.24, 2.45) is 0 Å². The Morgan fingerprint density at radius 1 is 0.857 bits per heavy atom. The maximum atomic E-state index is 13.0. The molecule has 0 atom stereocenters. The summed E-state index contributed by atoms with van der Waals surface area (Å²) in [4.78, 5) is 27.2. The average molecular weight is 374 g/mol. The van der Waals surface area contributed by atoms with Crippen molar-refractivity contribution in [2.45, 2.75) is 13.0 Å².